The van der Waals surface area contributed by atoms with Crippen LogP contribution >= 0.6 is 0 Å². The van der Waals surface area contributed by atoms with Gasteiger partial charge < -0.3 is 14.7 Å². The summed E-state index contributed by atoms with van der Waals surface area (Å²) < 4.78 is 5.53. The van der Waals surface area contributed by atoms with Gasteiger partial charge in [-0.2, -0.15) is 0 Å². The quantitative estimate of drug-likeness (QED) is 0.781. The molecule has 1 saturated carbocycles. The van der Waals surface area contributed by atoms with Gasteiger partial charge in [-0.15, -0.1) is 0 Å². The Morgan fingerprint density at radius 3 is 3.00 bits per heavy atom. The molecule has 0 amide bonds. The van der Waals surface area contributed by atoms with Gasteiger partial charge in [0.2, 0.25) is 5.88 Å². The van der Waals surface area contributed by atoms with E-state index in [1.165, 1.54) is 12.8 Å². The highest BCUT2D eigenvalue weighted by Gasteiger charge is 2.25. The lowest BCUT2D eigenvalue weighted by molar-refractivity contribution is 0.223. The smallest absolute Gasteiger partial charge is 0.213 e. The minimum absolute atomic E-state index is 0.0425. The first kappa shape index (κ1) is 11.4. The van der Waals surface area contributed by atoms with Crippen molar-refractivity contribution in [2.75, 3.05) is 20.2 Å². The molecular formula is C12H18N2O2. The van der Waals surface area contributed by atoms with E-state index in [-0.39, 0.29) is 6.61 Å². The Kier molecular flexibility index (Phi) is 3.74. The fraction of sp³-hybridized carbons (Fsp3) is 0.583. The van der Waals surface area contributed by atoms with E-state index in [0.717, 1.165) is 12.6 Å². The normalized spacial score (nSPS) is 15.4. The number of hydrogen-bond acceptors (Lipinski definition) is 4. The summed E-state index contributed by atoms with van der Waals surface area (Å²) in [4.78, 5) is 6.47. The predicted octanol–water partition coefficient (Wildman–Crippen LogP) is 1.05. The second-order valence-electron chi connectivity index (χ2n) is 4.19. The maximum Gasteiger partial charge on any atom is 0.213 e. The SMILES string of the molecule is CN(CCOc1cccc(CO)n1)C1CC1. The number of rotatable bonds is 6. The Morgan fingerprint density at radius 1 is 1.50 bits per heavy atom. The number of likely N-dealkylation sites (N-methyl/N-ethyl adjacent to an activating group) is 1. The predicted molar refractivity (Wildman–Crippen MR) is 61.3 cm³/mol. The first-order valence-corrected chi connectivity index (χ1v) is 5.69. The van der Waals surface area contributed by atoms with Gasteiger partial charge in [-0.05, 0) is 26.0 Å². The molecule has 88 valence electrons. The lowest BCUT2D eigenvalue weighted by Gasteiger charge is -2.15. The molecule has 1 aromatic rings. The lowest BCUT2D eigenvalue weighted by Crippen LogP contribution is -2.26. The first-order chi connectivity index (χ1) is 7.79. The molecule has 16 heavy (non-hydrogen) atoms. The van der Waals surface area contributed by atoms with E-state index in [1.54, 1.807) is 6.07 Å². The van der Waals surface area contributed by atoms with Gasteiger partial charge in [-0.1, -0.05) is 6.07 Å². The first-order valence-electron chi connectivity index (χ1n) is 5.69. The Balaban J connectivity index is 1.75. The minimum Gasteiger partial charge on any atom is -0.476 e. The number of nitrogens with zero attached hydrogens (tertiary/aromatic N) is 2. The van der Waals surface area contributed by atoms with Crippen LogP contribution < -0.4 is 4.74 Å². The van der Waals surface area contributed by atoms with Gasteiger partial charge in [0.25, 0.3) is 0 Å². The molecule has 1 heterocycles. The molecular weight excluding hydrogens is 204 g/mol. The number of aromatic nitrogens is 1. The van der Waals surface area contributed by atoms with Gasteiger partial charge in [0.05, 0.1) is 12.3 Å². The molecule has 4 nitrogen and oxygen atoms in total. The average molecular weight is 222 g/mol. The summed E-state index contributed by atoms with van der Waals surface area (Å²) in [5, 5.41) is 8.93. The highest BCUT2D eigenvalue weighted by atomic mass is 16.5. The number of aliphatic hydroxyl groups is 1. The van der Waals surface area contributed by atoms with Crippen LogP contribution in [0.2, 0.25) is 0 Å². The topological polar surface area (TPSA) is 45.6 Å². The Bertz CT molecular complexity index is 340. The van der Waals surface area contributed by atoms with Crippen molar-refractivity contribution in [1.29, 1.82) is 0 Å². The molecule has 1 N–H and O–H groups in total. The van der Waals surface area contributed by atoms with Crippen LogP contribution in [-0.2, 0) is 6.61 Å². The second kappa shape index (κ2) is 5.27. The van der Waals surface area contributed by atoms with E-state index in [2.05, 4.69) is 16.9 Å². The summed E-state index contributed by atoms with van der Waals surface area (Å²) in [7, 11) is 2.12. The van der Waals surface area contributed by atoms with Crippen molar-refractivity contribution in [3.63, 3.8) is 0 Å². The summed E-state index contributed by atoms with van der Waals surface area (Å²) in [6, 6.07) is 6.21. The van der Waals surface area contributed by atoms with Crippen LogP contribution in [-0.4, -0.2) is 41.2 Å². The van der Waals surface area contributed by atoms with Crippen molar-refractivity contribution < 1.29 is 9.84 Å². The molecule has 1 aliphatic carbocycles. The molecule has 0 spiro atoms. The molecule has 0 radical (unpaired) electrons. The van der Waals surface area contributed by atoms with Gasteiger partial charge in [-0.25, -0.2) is 4.98 Å². The van der Waals surface area contributed by atoms with E-state index >= 15 is 0 Å². The molecule has 0 atom stereocenters. The van der Waals surface area contributed by atoms with Crippen LogP contribution in [0.15, 0.2) is 18.2 Å². The molecule has 0 aromatic carbocycles. The largest absolute Gasteiger partial charge is 0.476 e. The lowest BCUT2D eigenvalue weighted by atomic mass is 10.4. The van der Waals surface area contributed by atoms with Crippen molar-refractivity contribution in [3.8, 4) is 5.88 Å². The molecule has 1 fully saturated rings. The number of ether oxygens (including phenoxy) is 1. The van der Waals surface area contributed by atoms with E-state index in [1.807, 2.05) is 12.1 Å². The molecule has 1 aliphatic rings. The van der Waals surface area contributed by atoms with E-state index < -0.39 is 0 Å². The Labute approximate surface area is 95.9 Å². The highest BCUT2D eigenvalue weighted by molar-refractivity contribution is 5.15. The van der Waals surface area contributed by atoms with Crippen molar-refractivity contribution in [3.05, 3.63) is 23.9 Å². The monoisotopic (exact) mass is 222 g/mol. The molecule has 0 aliphatic heterocycles. The average Bonchev–Trinajstić information content (AvgIpc) is 3.13. The zero-order chi connectivity index (χ0) is 11.4. The maximum absolute atomic E-state index is 8.93. The molecule has 0 bridgehead atoms. The van der Waals surface area contributed by atoms with Gasteiger partial charge in [0, 0.05) is 18.7 Å². The number of pyridine rings is 1. The van der Waals surface area contributed by atoms with E-state index in [9.17, 15) is 0 Å². The maximum atomic E-state index is 8.93. The van der Waals surface area contributed by atoms with Crippen molar-refractivity contribution in [2.45, 2.75) is 25.5 Å². The second-order valence-corrected chi connectivity index (χ2v) is 4.19. The number of aliphatic hydroxyl groups excluding tert-OH is 1. The van der Waals surface area contributed by atoms with Crippen LogP contribution in [0.5, 0.6) is 5.88 Å². The van der Waals surface area contributed by atoms with Crippen molar-refractivity contribution in [2.24, 2.45) is 0 Å². The van der Waals surface area contributed by atoms with Gasteiger partial charge in [0.1, 0.15) is 6.61 Å². The zero-order valence-electron chi connectivity index (χ0n) is 9.59. The fourth-order valence-corrected chi connectivity index (χ4v) is 1.62. The molecule has 4 heteroatoms. The standard InChI is InChI=1S/C12H18N2O2/c1-14(11-5-6-11)7-8-16-12-4-2-3-10(9-15)13-12/h2-4,11,15H,5-9H2,1H3. The summed E-state index contributed by atoms with van der Waals surface area (Å²) in [5.41, 5.74) is 0.646. The summed E-state index contributed by atoms with van der Waals surface area (Å²) >= 11 is 0. The van der Waals surface area contributed by atoms with Gasteiger partial charge in [0.15, 0.2) is 0 Å². The van der Waals surface area contributed by atoms with Crippen LogP contribution in [0, 0.1) is 0 Å². The Morgan fingerprint density at radius 2 is 2.31 bits per heavy atom. The van der Waals surface area contributed by atoms with Gasteiger partial charge in [-0.3, -0.25) is 0 Å². The molecule has 0 unspecified atom stereocenters. The van der Waals surface area contributed by atoms with Crippen LogP contribution in [0.25, 0.3) is 0 Å². The summed E-state index contributed by atoms with van der Waals surface area (Å²) in [5.74, 6) is 0.593. The molecule has 0 saturated heterocycles. The highest BCUT2D eigenvalue weighted by Crippen LogP contribution is 2.24. The van der Waals surface area contributed by atoms with Crippen LogP contribution in [0.4, 0.5) is 0 Å². The summed E-state index contributed by atoms with van der Waals surface area (Å²) in [6.07, 6.45) is 2.63. The van der Waals surface area contributed by atoms with Crippen molar-refractivity contribution >= 4 is 0 Å². The van der Waals surface area contributed by atoms with E-state index in [4.69, 9.17) is 9.84 Å². The molecule has 1 aromatic heterocycles. The molecule has 2 rings (SSSR count). The fourth-order valence-electron chi connectivity index (χ4n) is 1.62. The third-order valence-electron chi connectivity index (χ3n) is 2.81. The van der Waals surface area contributed by atoms with Gasteiger partial charge >= 0.3 is 0 Å². The summed E-state index contributed by atoms with van der Waals surface area (Å²) in [6.45, 7) is 1.53. The third-order valence-corrected chi connectivity index (χ3v) is 2.81. The van der Waals surface area contributed by atoms with E-state index in [0.29, 0.717) is 18.2 Å². The van der Waals surface area contributed by atoms with Crippen LogP contribution in [0.3, 0.4) is 0 Å². The Hall–Kier alpha value is -1.13. The van der Waals surface area contributed by atoms with Crippen LogP contribution in [0.1, 0.15) is 18.5 Å². The zero-order valence-corrected chi connectivity index (χ0v) is 9.59. The third kappa shape index (κ3) is 3.18. The van der Waals surface area contributed by atoms with Crippen molar-refractivity contribution in [1.82, 2.24) is 9.88 Å². The minimum atomic E-state index is -0.0425. The number of hydrogen-bond donors (Lipinski definition) is 1.